The van der Waals surface area contributed by atoms with Gasteiger partial charge in [-0.1, -0.05) is 24.3 Å². The zero-order chi connectivity index (χ0) is 10.8. The summed E-state index contributed by atoms with van der Waals surface area (Å²) in [5.74, 6) is 0. The number of hydrogen-bond donors (Lipinski definition) is 1. The molecule has 0 radical (unpaired) electrons. The maximum atomic E-state index is 5.56. The quantitative estimate of drug-likeness (QED) is 0.841. The summed E-state index contributed by atoms with van der Waals surface area (Å²) >= 11 is 1.74. The van der Waals surface area contributed by atoms with Gasteiger partial charge in [-0.25, -0.2) is 4.98 Å². The van der Waals surface area contributed by atoms with Crippen molar-refractivity contribution < 1.29 is 0 Å². The fraction of sp³-hybridized carbons (Fsp3) is 0.250. The number of rotatable bonds is 2. The first-order valence-electron chi connectivity index (χ1n) is 4.94. The molecule has 3 heteroatoms. The van der Waals surface area contributed by atoms with Gasteiger partial charge in [-0.15, -0.1) is 11.3 Å². The van der Waals surface area contributed by atoms with E-state index in [-0.39, 0.29) is 0 Å². The summed E-state index contributed by atoms with van der Waals surface area (Å²) in [6.45, 7) is 4.74. The monoisotopic (exact) mass is 218 g/mol. The minimum absolute atomic E-state index is 0.593. The Morgan fingerprint density at radius 1 is 1.20 bits per heavy atom. The molecule has 1 aromatic carbocycles. The fourth-order valence-corrected chi connectivity index (χ4v) is 2.44. The highest BCUT2D eigenvalue weighted by Gasteiger charge is 2.06. The number of aryl methyl sites for hydroxylation is 2. The summed E-state index contributed by atoms with van der Waals surface area (Å²) in [6, 6.07) is 8.29. The van der Waals surface area contributed by atoms with E-state index < -0.39 is 0 Å². The van der Waals surface area contributed by atoms with Gasteiger partial charge in [0.05, 0.1) is 10.7 Å². The molecule has 0 aliphatic heterocycles. The molecule has 0 saturated carbocycles. The Kier molecular flexibility index (Phi) is 2.84. The number of nitrogens with two attached hydrogens (primary N) is 1. The van der Waals surface area contributed by atoms with Gasteiger partial charge in [0.1, 0.15) is 0 Å². The topological polar surface area (TPSA) is 38.9 Å². The fourth-order valence-electron chi connectivity index (χ4n) is 1.60. The molecule has 2 N–H and O–H groups in total. The van der Waals surface area contributed by atoms with E-state index in [0.717, 1.165) is 16.3 Å². The van der Waals surface area contributed by atoms with Crippen molar-refractivity contribution in [2.45, 2.75) is 20.4 Å². The van der Waals surface area contributed by atoms with E-state index in [2.05, 4.69) is 36.2 Å². The highest BCUT2D eigenvalue weighted by Crippen LogP contribution is 2.27. The van der Waals surface area contributed by atoms with E-state index in [4.69, 9.17) is 5.73 Å². The summed E-state index contributed by atoms with van der Waals surface area (Å²) in [5.41, 5.74) is 8.99. The van der Waals surface area contributed by atoms with E-state index in [1.54, 1.807) is 11.3 Å². The van der Waals surface area contributed by atoms with Gasteiger partial charge in [-0.05, 0) is 19.4 Å². The molecule has 0 unspecified atom stereocenters. The van der Waals surface area contributed by atoms with Crippen LogP contribution in [0.5, 0.6) is 0 Å². The minimum Gasteiger partial charge on any atom is -0.326 e. The van der Waals surface area contributed by atoms with Gasteiger partial charge >= 0.3 is 0 Å². The van der Waals surface area contributed by atoms with E-state index >= 15 is 0 Å². The Hall–Kier alpha value is -1.19. The van der Waals surface area contributed by atoms with Gasteiger partial charge < -0.3 is 5.73 Å². The van der Waals surface area contributed by atoms with Crippen molar-refractivity contribution in [2.24, 2.45) is 5.73 Å². The molecule has 0 fully saturated rings. The minimum atomic E-state index is 0.593. The molecule has 1 aromatic heterocycles. The SMILES string of the molecule is Cc1nc(-c2ccc(CN)cc2)c(C)s1. The van der Waals surface area contributed by atoms with Crippen molar-refractivity contribution in [3.8, 4) is 11.3 Å². The third kappa shape index (κ3) is 2.08. The van der Waals surface area contributed by atoms with E-state index in [1.165, 1.54) is 10.4 Å². The molecule has 2 aromatic rings. The smallest absolute Gasteiger partial charge is 0.0904 e. The summed E-state index contributed by atoms with van der Waals surface area (Å²) < 4.78 is 0. The van der Waals surface area contributed by atoms with Crippen molar-refractivity contribution >= 4 is 11.3 Å². The number of aromatic nitrogens is 1. The van der Waals surface area contributed by atoms with E-state index in [9.17, 15) is 0 Å². The Bertz CT molecular complexity index is 457. The lowest BCUT2D eigenvalue weighted by atomic mass is 10.1. The van der Waals surface area contributed by atoms with Crippen molar-refractivity contribution in [1.82, 2.24) is 4.98 Å². The lowest BCUT2D eigenvalue weighted by Crippen LogP contribution is -1.95. The Morgan fingerprint density at radius 2 is 1.87 bits per heavy atom. The zero-order valence-corrected chi connectivity index (χ0v) is 9.77. The lowest BCUT2D eigenvalue weighted by Gasteiger charge is -2.00. The van der Waals surface area contributed by atoms with Crippen LogP contribution in [-0.2, 0) is 6.54 Å². The van der Waals surface area contributed by atoms with Crippen molar-refractivity contribution in [1.29, 1.82) is 0 Å². The molecule has 0 aliphatic rings. The van der Waals surface area contributed by atoms with Gasteiger partial charge in [0.2, 0.25) is 0 Å². The summed E-state index contributed by atoms with van der Waals surface area (Å²) in [4.78, 5) is 5.79. The molecule has 1 heterocycles. The van der Waals surface area contributed by atoms with Crippen LogP contribution in [0.3, 0.4) is 0 Å². The number of benzene rings is 1. The van der Waals surface area contributed by atoms with Crippen molar-refractivity contribution in [3.05, 3.63) is 39.7 Å². The molecule has 15 heavy (non-hydrogen) atoms. The molecule has 0 spiro atoms. The van der Waals surface area contributed by atoms with Gasteiger partial charge in [-0.2, -0.15) is 0 Å². The van der Waals surface area contributed by atoms with Crippen LogP contribution < -0.4 is 5.73 Å². The Labute approximate surface area is 93.8 Å². The second-order valence-corrected chi connectivity index (χ2v) is 4.95. The largest absolute Gasteiger partial charge is 0.326 e. The molecule has 2 nitrogen and oxygen atoms in total. The van der Waals surface area contributed by atoms with E-state index in [0.29, 0.717) is 6.54 Å². The summed E-state index contributed by atoms with van der Waals surface area (Å²) in [6.07, 6.45) is 0. The molecule has 2 rings (SSSR count). The number of hydrogen-bond acceptors (Lipinski definition) is 3. The van der Waals surface area contributed by atoms with Crippen LogP contribution in [0, 0.1) is 13.8 Å². The van der Waals surface area contributed by atoms with Gasteiger partial charge in [0, 0.05) is 17.0 Å². The first kappa shape index (κ1) is 10.3. The average Bonchev–Trinajstić information content (AvgIpc) is 2.58. The molecule has 0 amide bonds. The maximum Gasteiger partial charge on any atom is 0.0904 e. The predicted molar refractivity (Wildman–Crippen MR) is 64.9 cm³/mol. The van der Waals surface area contributed by atoms with Crippen LogP contribution in [0.1, 0.15) is 15.4 Å². The Balaban J connectivity index is 2.41. The first-order chi connectivity index (χ1) is 7.20. The van der Waals surface area contributed by atoms with Gasteiger partial charge in [0.15, 0.2) is 0 Å². The summed E-state index contributed by atoms with van der Waals surface area (Å²) in [7, 11) is 0. The van der Waals surface area contributed by atoms with Crippen LogP contribution >= 0.6 is 11.3 Å². The first-order valence-corrected chi connectivity index (χ1v) is 5.76. The predicted octanol–water partition coefficient (Wildman–Crippen LogP) is 2.89. The zero-order valence-electron chi connectivity index (χ0n) is 8.95. The Morgan fingerprint density at radius 3 is 2.33 bits per heavy atom. The number of thiazole rings is 1. The van der Waals surface area contributed by atoms with Gasteiger partial charge in [-0.3, -0.25) is 0 Å². The lowest BCUT2D eigenvalue weighted by molar-refractivity contribution is 1.07. The second kappa shape index (κ2) is 4.13. The molecule has 0 atom stereocenters. The molecule has 0 bridgehead atoms. The number of nitrogens with zero attached hydrogens (tertiary/aromatic N) is 1. The highest BCUT2D eigenvalue weighted by molar-refractivity contribution is 7.11. The molecule has 78 valence electrons. The third-order valence-electron chi connectivity index (χ3n) is 2.37. The third-order valence-corrected chi connectivity index (χ3v) is 3.25. The normalized spacial score (nSPS) is 10.6. The molecular weight excluding hydrogens is 204 g/mol. The maximum absolute atomic E-state index is 5.56. The standard InChI is InChI=1S/C12H14N2S/c1-8-12(14-9(2)15-8)11-5-3-10(7-13)4-6-11/h3-6H,7,13H2,1-2H3. The van der Waals surface area contributed by atoms with Crippen molar-refractivity contribution in [2.75, 3.05) is 0 Å². The molecule has 0 saturated heterocycles. The van der Waals surface area contributed by atoms with E-state index in [1.807, 2.05) is 6.92 Å². The second-order valence-electron chi connectivity index (χ2n) is 3.54. The molecular formula is C12H14N2S. The highest BCUT2D eigenvalue weighted by atomic mass is 32.1. The molecule has 0 aliphatic carbocycles. The van der Waals surface area contributed by atoms with Crippen LogP contribution in [0.4, 0.5) is 0 Å². The summed E-state index contributed by atoms with van der Waals surface area (Å²) in [5, 5.41) is 1.12. The van der Waals surface area contributed by atoms with Crippen LogP contribution in [0.2, 0.25) is 0 Å². The van der Waals surface area contributed by atoms with Crippen LogP contribution in [-0.4, -0.2) is 4.98 Å². The average molecular weight is 218 g/mol. The van der Waals surface area contributed by atoms with Crippen LogP contribution in [0.15, 0.2) is 24.3 Å². The van der Waals surface area contributed by atoms with Crippen molar-refractivity contribution in [3.63, 3.8) is 0 Å². The van der Waals surface area contributed by atoms with Gasteiger partial charge in [0.25, 0.3) is 0 Å². The van der Waals surface area contributed by atoms with Crippen LogP contribution in [0.25, 0.3) is 11.3 Å².